The van der Waals surface area contributed by atoms with Crippen molar-refractivity contribution in [3.8, 4) is 11.3 Å². The molecule has 0 amide bonds. The molecule has 136 valence electrons. The lowest BCUT2D eigenvalue weighted by atomic mass is 10.0. The Hall–Kier alpha value is -3.19. The molecule has 0 aliphatic rings. The first-order valence-electron chi connectivity index (χ1n) is 9.27. The smallest absolute Gasteiger partial charge is 0.263 e. The van der Waals surface area contributed by atoms with Gasteiger partial charge >= 0.3 is 0 Å². The van der Waals surface area contributed by atoms with E-state index >= 15 is 0 Å². The van der Waals surface area contributed by atoms with Gasteiger partial charge in [0.2, 0.25) is 5.78 Å². The third-order valence-corrected chi connectivity index (χ3v) is 4.49. The molecule has 0 bridgehead atoms. The van der Waals surface area contributed by atoms with Crippen molar-refractivity contribution >= 4 is 11.5 Å². The average Bonchev–Trinajstić information content (AvgIpc) is 3.21. The van der Waals surface area contributed by atoms with Crippen LogP contribution in [0.5, 0.6) is 0 Å². The van der Waals surface area contributed by atoms with Crippen LogP contribution >= 0.6 is 0 Å². The predicted molar refractivity (Wildman–Crippen MR) is 106 cm³/mol. The second kappa shape index (κ2) is 9.49. The zero-order valence-corrected chi connectivity index (χ0v) is 15.2. The molecule has 0 unspecified atom stereocenters. The van der Waals surface area contributed by atoms with E-state index < -0.39 is 0 Å². The van der Waals surface area contributed by atoms with Crippen LogP contribution in [0.15, 0.2) is 65.2 Å². The number of carbonyl (C=O) groups is 1. The molecule has 4 heteroatoms. The van der Waals surface area contributed by atoms with E-state index in [4.69, 9.17) is 11.0 Å². The summed E-state index contributed by atoms with van der Waals surface area (Å²) in [5.41, 5.74) is 2.75. The first kappa shape index (κ1) is 18.6. The van der Waals surface area contributed by atoms with Gasteiger partial charge in [-0.15, -0.1) is 0 Å². The molecule has 0 spiro atoms. The topological polar surface area (TPSA) is 47.5 Å². The lowest BCUT2D eigenvalue weighted by Crippen LogP contribution is -1.99. The fourth-order valence-electron chi connectivity index (χ4n) is 2.96. The second-order valence-electron chi connectivity index (χ2n) is 6.51. The van der Waals surface area contributed by atoms with Crippen LogP contribution in [0.4, 0.5) is 5.69 Å². The van der Waals surface area contributed by atoms with E-state index in [0.717, 1.165) is 37.7 Å². The van der Waals surface area contributed by atoms with E-state index in [1.165, 1.54) is 5.56 Å². The summed E-state index contributed by atoms with van der Waals surface area (Å²) in [6, 6.07) is 17.5. The fraction of sp³-hybridized carbons (Fsp3) is 0.261. The molecule has 0 fully saturated rings. The highest BCUT2D eigenvalue weighted by Gasteiger charge is 2.13. The summed E-state index contributed by atoms with van der Waals surface area (Å²) in [6.07, 6.45) is 7.26. The summed E-state index contributed by atoms with van der Waals surface area (Å²) in [4.78, 5) is 19.7. The molecule has 2 aromatic carbocycles. The first-order valence-corrected chi connectivity index (χ1v) is 9.27. The van der Waals surface area contributed by atoms with Gasteiger partial charge in [0.05, 0.1) is 12.8 Å². The van der Waals surface area contributed by atoms with Gasteiger partial charge in [-0.05, 0) is 24.8 Å². The van der Waals surface area contributed by atoms with Crippen LogP contribution in [0.25, 0.3) is 16.2 Å². The number of aryl methyl sites for hydroxylation is 1. The van der Waals surface area contributed by atoms with Crippen LogP contribution in [0.2, 0.25) is 0 Å². The molecule has 3 rings (SSSR count). The van der Waals surface area contributed by atoms with Crippen molar-refractivity contribution in [2.45, 2.75) is 38.5 Å². The van der Waals surface area contributed by atoms with Crippen LogP contribution in [0.3, 0.4) is 0 Å². The van der Waals surface area contributed by atoms with Crippen LogP contribution in [0.1, 0.15) is 48.4 Å². The highest BCUT2D eigenvalue weighted by Crippen LogP contribution is 2.24. The van der Waals surface area contributed by atoms with Crippen molar-refractivity contribution in [2.24, 2.45) is 0 Å². The van der Waals surface area contributed by atoms with Gasteiger partial charge < -0.3 is 4.42 Å². The van der Waals surface area contributed by atoms with Gasteiger partial charge in [-0.3, -0.25) is 4.79 Å². The Kier molecular flexibility index (Phi) is 6.54. The molecule has 0 atom stereocenters. The second-order valence-corrected chi connectivity index (χ2v) is 6.51. The highest BCUT2D eigenvalue weighted by molar-refractivity contribution is 5.92. The van der Waals surface area contributed by atoms with E-state index in [1.54, 1.807) is 30.5 Å². The highest BCUT2D eigenvalue weighted by atomic mass is 16.4. The predicted octanol–water partition coefficient (Wildman–Crippen LogP) is 6.27. The molecule has 0 aliphatic heterocycles. The SMILES string of the molecule is [C-]#[N+]c1ccc(-c2cnc(C(=O)CCCCCCc3ccccc3)o2)cc1. The number of hydrogen-bond acceptors (Lipinski definition) is 3. The van der Waals surface area contributed by atoms with Crippen molar-refractivity contribution in [1.29, 1.82) is 0 Å². The minimum Gasteiger partial charge on any atom is -0.434 e. The van der Waals surface area contributed by atoms with Crippen molar-refractivity contribution in [2.75, 3.05) is 0 Å². The van der Waals surface area contributed by atoms with E-state index in [-0.39, 0.29) is 11.7 Å². The van der Waals surface area contributed by atoms with Crippen LogP contribution in [-0.2, 0) is 6.42 Å². The number of carbonyl (C=O) groups excluding carboxylic acids is 1. The zero-order chi connectivity index (χ0) is 18.9. The van der Waals surface area contributed by atoms with E-state index in [9.17, 15) is 4.79 Å². The molecule has 0 aliphatic carbocycles. The van der Waals surface area contributed by atoms with E-state index in [0.29, 0.717) is 17.9 Å². The van der Waals surface area contributed by atoms with Gasteiger partial charge in [0.25, 0.3) is 5.89 Å². The maximum atomic E-state index is 12.2. The standard InChI is InChI=1S/C23H22N2O2/c1-24-20-15-13-19(14-16-20)22-17-25-23(27-22)21(26)12-8-3-2-5-9-18-10-6-4-7-11-18/h4,6-7,10-11,13-17H,2-3,5,8-9,12H2. The number of aromatic nitrogens is 1. The molecule has 1 heterocycles. The van der Waals surface area contributed by atoms with Crippen LogP contribution in [0, 0.1) is 6.57 Å². The summed E-state index contributed by atoms with van der Waals surface area (Å²) in [5.74, 6) is 0.670. The Morgan fingerprint density at radius 1 is 0.963 bits per heavy atom. The quantitative estimate of drug-likeness (QED) is 0.257. The maximum absolute atomic E-state index is 12.2. The Balaban J connectivity index is 1.41. The summed E-state index contributed by atoms with van der Waals surface area (Å²) < 4.78 is 5.60. The number of unbranched alkanes of at least 4 members (excludes halogenated alkanes) is 3. The zero-order valence-electron chi connectivity index (χ0n) is 15.2. The summed E-state index contributed by atoms with van der Waals surface area (Å²) in [6.45, 7) is 6.97. The number of rotatable bonds is 9. The number of Topliss-reactive ketones (excluding diaryl/α,β-unsaturated/α-hetero) is 1. The molecule has 1 aromatic heterocycles. The van der Waals surface area contributed by atoms with Gasteiger partial charge in [0, 0.05) is 12.0 Å². The van der Waals surface area contributed by atoms with Gasteiger partial charge in [-0.1, -0.05) is 67.4 Å². The molecule has 0 radical (unpaired) electrons. The van der Waals surface area contributed by atoms with E-state index in [1.807, 2.05) is 6.07 Å². The number of hydrogen-bond donors (Lipinski definition) is 0. The normalized spacial score (nSPS) is 10.5. The molecule has 0 N–H and O–H groups in total. The number of oxazole rings is 1. The summed E-state index contributed by atoms with van der Waals surface area (Å²) in [7, 11) is 0. The van der Waals surface area contributed by atoms with Crippen molar-refractivity contribution in [3.63, 3.8) is 0 Å². The van der Waals surface area contributed by atoms with Crippen molar-refractivity contribution < 1.29 is 9.21 Å². The van der Waals surface area contributed by atoms with Crippen LogP contribution in [-0.4, -0.2) is 10.8 Å². The van der Waals surface area contributed by atoms with Crippen molar-refractivity contribution in [1.82, 2.24) is 4.98 Å². The molecular weight excluding hydrogens is 336 g/mol. The van der Waals surface area contributed by atoms with Gasteiger partial charge in [-0.2, -0.15) is 0 Å². The monoisotopic (exact) mass is 358 g/mol. The van der Waals surface area contributed by atoms with Gasteiger partial charge in [0.15, 0.2) is 11.4 Å². The van der Waals surface area contributed by atoms with E-state index in [2.05, 4.69) is 34.1 Å². The minimum absolute atomic E-state index is 0.0536. The number of benzene rings is 2. The fourth-order valence-corrected chi connectivity index (χ4v) is 2.96. The Bertz CT molecular complexity index is 906. The van der Waals surface area contributed by atoms with Gasteiger partial charge in [-0.25, -0.2) is 9.83 Å². The average molecular weight is 358 g/mol. The minimum atomic E-state index is -0.0536. The molecular formula is C23H22N2O2. The Morgan fingerprint density at radius 2 is 1.70 bits per heavy atom. The molecule has 0 saturated heterocycles. The third kappa shape index (κ3) is 5.39. The van der Waals surface area contributed by atoms with Crippen LogP contribution < -0.4 is 0 Å². The maximum Gasteiger partial charge on any atom is 0.263 e. The van der Waals surface area contributed by atoms with Crippen molar-refractivity contribution in [3.05, 3.63) is 83.7 Å². The Morgan fingerprint density at radius 3 is 2.44 bits per heavy atom. The molecule has 0 saturated carbocycles. The summed E-state index contributed by atoms with van der Waals surface area (Å²) in [5, 5.41) is 0. The molecule has 4 nitrogen and oxygen atoms in total. The molecule has 3 aromatic rings. The first-order chi connectivity index (χ1) is 13.3. The lowest BCUT2D eigenvalue weighted by molar-refractivity contribution is 0.0946. The Labute approximate surface area is 159 Å². The third-order valence-electron chi connectivity index (χ3n) is 4.49. The largest absolute Gasteiger partial charge is 0.434 e. The van der Waals surface area contributed by atoms with Gasteiger partial charge in [0.1, 0.15) is 0 Å². The summed E-state index contributed by atoms with van der Waals surface area (Å²) >= 11 is 0. The lowest BCUT2D eigenvalue weighted by Gasteiger charge is -2.01. The number of ketones is 1. The number of nitrogens with zero attached hydrogens (tertiary/aromatic N) is 2. The molecule has 27 heavy (non-hydrogen) atoms.